The van der Waals surface area contributed by atoms with Crippen molar-refractivity contribution in [2.75, 3.05) is 19.1 Å². The van der Waals surface area contributed by atoms with Crippen molar-refractivity contribution >= 4 is 57.9 Å². The molecule has 1 atom stereocenters. The third-order valence-corrected chi connectivity index (χ3v) is 6.25. The van der Waals surface area contributed by atoms with Gasteiger partial charge in [-0.05, 0) is 48.0 Å². The van der Waals surface area contributed by atoms with Crippen molar-refractivity contribution < 1.29 is 29.3 Å². The average Bonchev–Trinajstić information content (AvgIpc) is 3.08. The number of Topliss-reactive ketones (excluding diaryl/α,β-unsaturated/α-hetero) is 1. The Morgan fingerprint density at radius 2 is 1.69 bits per heavy atom. The van der Waals surface area contributed by atoms with Crippen LogP contribution in [0, 0.1) is 0 Å². The minimum absolute atomic E-state index is 0.0248. The minimum atomic E-state index is -1.13. The van der Waals surface area contributed by atoms with Crippen LogP contribution in [0.1, 0.15) is 17.2 Å². The number of anilines is 1. The first-order valence-corrected chi connectivity index (χ1v) is 11.3. The highest BCUT2D eigenvalue weighted by atomic mass is 35.5. The normalized spacial score (nSPS) is 17.1. The molecule has 0 bridgehead atoms. The zero-order valence-corrected chi connectivity index (χ0v) is 20.6. The topological polar surface area (TPSA) is 96.3 Å². The van der Waals surface area contributed by atoms with Gasteiger partial charge < -0.3 is 19.7 Å². The van der Waals surface area contributed by atoms with Crippen LogP contribution in [0.3, 0.4) is 0 Å². The predicted molar refractivity (Wildman–Crippen MR) is 134 cm³/mol. The summed E-state index contributed by atoms with van der Waals surface area (Å²) in [6.45, 7) is 0. The summed E-state index contributed by atoms with van der Waals surface area (Å²) in [6, 6.07) is 12.4. The number of phenols is 1. The molecule has 0 aliphatic carbocycles. The second-order valence-electron chi connectivity index (χ2n) is 7.55. The van der Waals surface area contributed by atoms with Crippen molar-refractivity contribution in [2.24, 2.45) is 0 Å². The number of benzene rings is 3. The molecule has 7 nitrogen and oxygen atoms in total. The molecule has 1 fully saturated rings. The van der Waals surface area contributed by atoms with Crippen LogP contribution >= 0.6 is 34.8 Å². The standard InChI is InChI=1S/C25H18Cl3NO6/c1-34-19-7-6-12(8-18(19)30)21-20(22(31)16-10-14(27)11-17(28)24(16)35-2)23(32)25(33)29(21)15-5-3-4-13(26)9-15/h3-11,21,30-31H,1-2H3/b22-20+. The maximum absolute atomic E-state index is 13.3. The highest BCUT2D eigenvalue weighted by Crippen LogP contribution is 2.46. The number of ether oxygens (including phenoxy) is 2. The van der Waals surface area contributed by atoms with Gasteiger partial charge in [-0.15, -0.1) is 0 Å². The van der Waals surface area contributed by atoms with E-state index in [4.69, 9.17) is 44.3 Å². The minimum Gasteiger partial charge on any atom is -0.507 e. The number of ketones is 1. The summed E-state index contributed by atoms with van der Waals surface area (Å²) in [5.74, 6) is -2.36. The molecule has 2 N–H and O–H groups in total. The van der Waals surface area contributed by atoms with Crippen LogP contribution < -0.4 is 14.4 Å². The van der Waals surface area contributed by atoms with E-state index in [-0.39, 0.29) is 38.4 Å². The van der Waals surface area contributed by atoms with E-state index in [0.717, 1.165) is 0 Å². The molecule has 1 aliphatic heterocycles. The summed E-state index contributed by atoms with van der Waals surface area (Å²) >= 11 is 18.5. The number of hydrogen-bond acceptors (Lipinski definition) is 6. The number of aromatic hydroxyl groups is 1. The van der Waals surface area contributed by atoms with Crippen LogP contribution in [0.5, 0.6) is 17.2 Å². The average molecular weight is 535 g/mol. The van der Waals surface area contributed by atoms with Gasteiger partial charge in [-0.3, -0.25) is 14.5 Å². The van der Waals surface area contributed by atoms with Crippen molar-refractivity contribution in [1.29, 1.82) is 0 Å². The molecule has 4 rings (SSSR count). The molecule has 0 aromatic heterocycles. The third-order valence-electron chi connectivity index (χ3n) is 5.52. The van der Waals surface area contributed by atoms with Crippen molar-refractivity contribution in [3.8, 4) is 17.2 Å². The number of carbonyl (C=O) groups excluding carboxylic acids is 2. The van der Waals surface area contributed by atoms with Gasteiger partial charge in [-0.1, -0.05) is 46.9 Å². The number of aliphatic hydroxyl groups excluding tert-OH is 1. The van der Waals surface area contributed by atoms with Crippen molar-refractivity contribution in [3.05, 3.63) is 86.4 Å². The van der Waals surface area contributed by atoms with Crippen molar-refractivity contribution in [1.82, 2.24) is 0 Å². The number of nitrogens with zero attached hydrogens (tertiary/aromatic N) is 1. The molecule has 0 saturated carbocycles. The summed E-state index contributed by atoms with van der Waals surface area (Å²) in [5, 5.41) is 22.4. The van der Waals surface area contributed by atoms with E-state index in [1.807, 2.05) is 0 Å². The van der Waals surface area contributed by atoms with Crippen LogP contribution in [0.2, 0.25) is 15.1 Å². The first-order valence-electron chi connectivity index (χ1n) is 10.1. The summed E-state index contributed by atoms with van der Waals surface area (Å²) < 4.78 is 10.4. The van der Waals surface area contributed by atoms with Crippen LogP contribution in [0.15, 0.2) is 60.2 Å². The molecule has 0 spiro atoms. The lowest BCUT2D eigenvalue weighted by atomic mass is 9.94. The molecule has 1 saturated heterocycles. The number of methoxy groups -OCH3 is 2. The lowest BCUT2D eigenvalue weighted by molar-refractivity contribution is -0.132. The molecule has 3 aromatic carbocycles. The van der Waals surface area contributed by atoms with Gasteiger partial charge in [0.1, 0.15) is 11.5 Å². The summed E-state index contributed by atoms with van der Waals surface area (Å²) in [7, 11) is 2.73. The maximum atomic E-state index is 13.3. The number of carbonyl (C=O) groups is 2. The zero-order valence-electron chi connectivity index (χ0n) is 18.4. The van der Waals surface area contributed by atoms with E-state index in [0.29, 0.717) is 16.3 Å². The molecule has 1 unspecified atom stereocenters. The fraction of sp³-hybridized carbons (Fsp3) is 0.120. The summed E-state index contributed by atoms with van der Waals surface area (Å²) in [6.07, 6.45) is 0. The Morgan fingerprint density at radius 3 is 2.31 bits per heavy atom. The van der Waals surface area contributed by atoms with Crippen LogP contribution in [0.4, 0.5) is 5.69 Å². The Balaban J connectivity index is 2.03. The molecular weight excluding hydrogens is 517 g/mol. The van der Waals surface area contributed by atoms with Crippen LogP contribution in [-0.2, 0) is 9.59 Å². The van der Waals surface area contributed by atoms with Gasteiger partial charge in [0.2, 0.25) is 0 Å². The van der Waals surface area contributed by atoms with E-state index in [2.05, 4.69) is 0 Å². The number of halogens is 3. The highest BCUT2D eigenvalue weighted by molar-refractivity contribution is 6.52. The fourth-order valence-electron chi connectivity index (χ4n) is 4.01. The van der Waals surface area contributed by atoms with Gasteiger partial charge in [0.25, 0.3) is 11.7 Å². The number of hydrogen-bond donors (Lipinski definition) is 2. The molecule has 3 aromatic rings. The number of rotatable bonds is 5. The van der Waals surface area contributed by atoms with E-state index in [9.17, 15) is 19.8 Å². The first-order chi connectivity index (χ1) is 16.7. The van der Waals surface area contributed by atoms with Crippen molar-refractivity contribution in [2.45, 2.75) is 6.04 Å². The highest BCUT2D eigenvalue weighted by Gasteiger charge is 2.47. The third kappa shape index (κ3) is 4.38. The van der Waals surface area contributed by atoms with Gasteiger partial charge in [0.15, 0.2) is 11.5 Å². The molecule has 180 valence electrons. The SMILES string of the molecule is COc1ccc(C2/C(=C(\O)c3cc(Cl)cc(Cl)c3OC)C(=O)C(=O)N2c2cccc(Cl)c2)cc1O. The summed E-state index contributed by atoms with van der Waals surface area (Å²) in [5.41, 5.74) is 0.416. The largest absolute Gasteiger partial charge is 0.507 e. The van der Waals surface area contributed by atoms with Crippen molar-refractivity contribution in [3.63, 3.8) is 0 Å². The molecule has 0 radical (unpaired) electrons. The Hall–Kier alpha value is -3.39. The second-order valence-corrected chi connectivity index (χ2v) is 8.83. The summed E-state index contributed by atoms with van der Waals surface area (Å²) in [4.78, 5) is 27.8. The lowest BCUT2D eigenvalue weighted by Crippen LogP contribution is -2.29. The van der Waals surface area contributed by atoms with Gasteiger partial charge in [-0.25, -0.2) is 0 Å². The van der Waals surface area contributed by atoms with Gasteiger partial charge in [0.05, 0.1) is 36.4 Å². The van der Waals surface area contributed by atoms with Gasteiger partial charge in [-0.2, -0.15) is 0 Å². The van der Waals surface area contributed by atoms with Gasteiger partial charge >= 0.3 is 0 Å². The van der Waals surface area contributed by atoms with E-state index < -0.39 is 23.5 Å². The quantitative estimate of drug-likeness (QED) is 0.237. The molecule has 1 heterocycles. The van der Waals surface area contributed by atoms with E-state index >= 15 is 0 Å². The number of phenolic OH excluding ortho intramolecular Hbond substituents is 1. The number of aliphatic hydroxyl groups is 1. The fourth-order valence-corrected chi connectivity index (χ4v) is 4.76. The van der Waals surface area contributed by atoms with E-state index in [1.54, 1.807) is 24.3 Å². The Labute approximate surface area is 215 Å². The molecule has 1 aliphatic rings. The smallest absolute Gasteiger partial charge is 0.300 e. The van der Waals surface area contributed by atoms with Gasteiger partial charge in [0, 0.05) is 15.7 Å². The predicted octanol–water partition coefficient (Wildman–Crippen LogP) is 6.00. The molecule has 1 amide bonds. The zero-order chi connectivity index (χ0) is 25.4. The van der Waals surface area contributed by atoms with Crippen LogP contribution in [-0.4, -0.2) is 36.1 Å². The van der Waals surface area contributed by atoms with E-state index in [1.165, 1.54) is 49.5 Å². The monoisotopic (exact) mass is 533 g/mol. The Morgan fingerprint density at radius 1 is 0.943 bits per heavy atom. The molecule has 35 heavy (non-hydrogen) atoms. The Bertz CT molecular complexity index is 1390. The number of amides is 1. The maximum Gasteiger partial charge on any atom is 0.300 e. The van der Waals surface area contributed by atoms with Crippen LogP contribution in [0.25, 0.3) is 5.76 Å². The first kappa shape index (κ1) is 24.7. The molecular formula is C25H18Cl3NO6. The molecule has 10 heteroatoms. The second kappa shape index (κ2) is 9.70. The Kier molecular flexibility index (Phi) is 6.85. The lowest BCUT2D eigenvalue weighted by Gasteiger charge is -2.26.